The van der Waals surface area contributed by atoms with E-state index in [4.69, 9.17) is 9.47 Å². The summed E-state index contributed by atoms with van der Waals surface area (Å²) in [5.74, 6) is -0.630. The van der Waals surface area contributed by atoms with Crippen LogP contribution in [0.1, 0.15) is 37.0 Å². The lowest BCUT2D eigenvalue weighted by atomic mass is 9.92. The third kappa shape index (κ3) is 5.26. The van der Waals surface area contributed by atoms with Crippen LogP contribution in [0.5, 0.6) is 0 Å². The van der Waals surface area contributed by atoms with Gasteiger partial charge in [0.05, 0.1) is 26.3 Å². The summed E-state index contributed by atoms with van der Waals surface area (Å²) in [4.78, 5) is 25.9. The average Bonchev–Trinajstić information content (AvgIpc) is 2.98. The number of aromatic nitrogens is 2. The van der Waals surface area contributed by atoms with Gasteiger partial charge in [0.25, 0.3) is 5.91 Å². The third-order valence-electron chi connectivity index (χ3n) is 4.14. The molecule has 1 aliphatic heterocycles. The second-order valence-corrected chi connectivity index (χ2v) is 7.63. The van der Waals surface area contributed by atoms with E-state index in [9.17, 15) is 14.7 Å². The fourth-order valence-corrected chi connectivity index (χ4v) is 2.62. The van der Waals surface area contributed by atoms with Crippen LogP contribution in [0.15, 0.2) is 6.07 Å². The van der Waals surface area contributed by atoms with Gasteiger partial charge in [0, 0.05) is 24.8 Å². The Morgan fingerprint density at radius 1 is 1.50 bits per heavy atom. The molecule has 1 saturated heterocycles. The van der Waals surface area contributed by atoms with Crippen molar-refractivity contribution in [3.63, 3.8) is 0 Å². The van der Waals surface area contributed by atoms with Gasteiger partial charge in [-0.3, -0.25) is 14.7 Å². The molecule has 0 unspecified atom stereocenters. The molecule has 3 N–H and O–H groups in total. The maximum atomic E-state index is 12.8. The lowest BCUT2D eigenvalue weighted by Crippen LogP contribution is -2.53. The number of amides is 2. The molecule has 2 heterocycles. The highest BCUT2D eigenvalue weighted by Gasteiger charge is 2.36. The smallest absolute Gasteiger partial charge is 0.274 e. The Labute approximate surface area is 153 Å². The number of nitrogens with zero attached hydrogens (tertiary/aromatic N) is 2. The molecule has 1 fully saturated rings. The highest BCUT2D eigenvalue weighted by atomic mass is 16.5. The van der Waals surface area contributed by atoms with Crippen molar-refractivity contribution in [3.8, 4) is 0 Å². The number of nitrogens with one attached hydrogen (secondary N) is 2. The lowest BCUT2D eigenvalue weighted by molar-refractivity contribution is -0.126. The first-order valence-electron chi connectivity index (χ1n) is 8.55. The minimum Gasteiger partial charge on any atom is -0.384 e. The van der Waals surface area contributed by atoms with Crippen LogP contribution >= 0.6 is 0 Å². The number of carbonyl (C=O) groups excluding carboxylic acids is 2. The number of hydrogen-bond acceptors (Lipinski definition) is 6. The summed E-state index contributed by atoms with van der Waals surface area (Å²) in [6.07, 6.45) is 0. The van der Waals surface area contributed by atoms with Crippen LogP contribution in [0.4, 0.5) is 0 Å². The summed E-state index contributed by atoms with van der Waals surface area (Å²) in [6, 6.07) is 1.73. The minimum absolute atomic E-state index is 0.0256. The van der Waals surface area contributed by atoms with Crippen LogP contribution in [-0.2, 0) is 19.7 Å². The fraction of sp³-hybridized carbons (Fsp3) is 0.706. The molecule has 0 saturated carbocycles. The predicted molar refractivity (Wildman–Crippen MR) is 93.8 cm³/mol. The Morgan fingerprint density at radius 3 is 2.85 bits per heavy atom. The van der Waals surface area contributed by atoms with Crippen molar-refractivity contribution in [2.45, 2.75) is 31.8 Å². The number of β-amino-alcohol motifs (C(OH)–C–C–N with tert-alkyl or cyclic N) is 1. The molecule has 146 valence electrons. The molecule has 0 aromatic carbocycles. The van der Waals surface area contributed by atoms with Gasteiger partial charge in [0.2, 0.25) is 5.91 Å². The Bertz CT molecular complexity index is 639. The van der Waals surface area contributed by atoms with Crippen molar-refractivity contribution >= 4 is 11.8 Å². The molecule has 0 aliphatic carbocycles. The quantitative estimate of drug-likeness (QED) is 0.655. The zero-order chi connectivity index (χ0) is 19.4. The topological polar surface area (TPSA) is 117 Å². The molecular formula is C17H28N4O5. The van der Waals surface area contributed by atoms with Crippen LogP contribution in [0, 0.1) is 0 Å². The maximum absolute atomic E-state index is 12.8. The van der Waals surface area contributed by atoms with Gasteiger partial charge in [-0.2, -0.15) is 5.10 Å². The van der Waals surface area contributed by atoms with Crippen molar-refractivity contribution in [1.29, 1.82) is 0 Å². The van der Waals surface area contributed by atoms with E-state index in [2.05, 4.69) is 15.5 Å². The number of H-pyrrole nitrogens is 1. The van der Waals surface area contributed by atoms with Gasteiger partial charge in [0.1, 0.15) is 17.9 Å². The SMILES string of the molecule is COCC(=O)NC[C@]1(O)COCCN(C(=O)c2cc(C(C)(C)C)[nH]n2)C1. The summed E-state index contributed by atoms with van der Waals surface area (Å²) < 4.78 is 10.2. The summed E-state index contributed by atoms with van der Waals surface area (Å²) in [5, 5.41) is 20.4. The van der Waals surface area contributed by atoms with Crippen molar-refractivity contribution in [1.82, 2.24) is 20.4 Å². The molecule has 1 aliphatic rings. The first-order chi connectivity index (χ1) is 12.1. The van der Waals surface area contributed by atoms with Crippen LogP contribution in [-0.4, -0.2) is 84.2 Å². The molecule has 9 nitrogen and oxygen atoms in total. The molecule has 0 bridgehead atoms. The van der Waals surface area contributed by atoms with Gasteiger partial charge in [-0.25, -0.2) is 0 Å². The van der Waals surface area contributed by atoms with Crippen LogP contribution in [0.3, 0.4) is 0 Å². The van der Waals surface area contributed by atoms with Crippen LogP contribution in [0.2, 0.25) is 0 Å². The second kappa shape index (κ2) is 8.15. The summed E-state index contributed by atoms with van der Waals surface area (Å²) in [6.45, 7) is 6.65. The van der Waals surface area contributed by atoms with Gasteiger partial charge in [-0.05, 0) is 6.07 Å². The largest absolute Gasteiger partial charge is 0.384 e. The van der Waals surface area contributed by atoms with Gasteiger partial charge < -0.3 is 24.8 Å². The fourth-order valence-electron chi connectivity index (χ4n) is 2.62. The van der Waals surface area contributed by atoms with Gasteiger partial charge >= 0.3 is 0 Å². The summed E-state index contributed by atoms with van der Waals surface area (Å²) in [5.41, 5.74) is -0.380. The molecule has 9 heteroatoms. The molecule has 0 spiro atoms. The molecule has 1 aromatic rings. The Balaban J connectivity index is 2.07. The Hall–Kier alpha value is -1.97. The number of hydrogen-bond donors (Lipinski definition) is 3. The van der Waals surface area contributed by atoms with Crippen LogP contribution < -0.4 is 5.32 Å². The van der Waals surface area contributed by atoms with E-state index in [1.54, 1.807) is 6.07 Å². The van der Waals surface area contributed by atoms with Crippen molar-refractivity contribution < 1.29 is 24.2 Å². The maximum Gasteiger partial charge on any atom is 0.274 e. The molecule has 2 rings (SSSR count). The first kappa shape index (κ1) is 20.3. The number of aliphatic hydroxyl groups is 1. The molecule has 1 aromatic heterocycles. The highest BCUT2D eigenvalue weighted by Crippen LogP contribution is 2.21. The van der Waals surface area contributed by atoms with Gasteiger partial charge in [-0.1, -0.05) is 20.8 Å². The van der Waals surface area contributed by atoms with Crippen molar-refractivity contribution in [3.05, 3.63) is 17.5 Å². The van der Waals surface area contributed by atoms with Crippen molar-refractivity contribution in [2.24, 2.45) is 0 Å². The monoisotopic (exact) mass is 368 g/mol. The number of methoxy groups -OCH3 is 1. The van der Waals surface area contributed by atoms with Gasteiger partial charge in [0.15, 0.2) is 0 Å². The Morgan fingerprint density at radius 2 is 2.23 bits per heavy atom. The number of rotatable bonds is 5. The number of aromatic amines is 1. The van der Waals surface area contributed by atoms with E-state index in [0.29, 0.717) is 18.8 Å². The van der Waals surface area contributed by atoms with Crippen LogP contribution in [0.25, 0.3) is 0 Å². The molecule has 0 radical (unpaired) electrons. The zero-order valence-corrected chi connectivity index (χ0v) is 15.8. The van der Waals surface area contributed by atoms with E-state index in [0.717, 1.165) is 5.69 Å². The van der Waals surface area contributed by atoms with Crippen molar-refractivity contribution in [2.75, 3.05) is 46.6 Å². The standard InChI is InChI=1S/C17H28N4O5/c1-16(2,3)13-7-12(19-20-13)15(23)21-5-6-26-11-17(24,10-21)9-18-14(22)8-25-4/h7,24H,5-6,8-11H2,1-4H3,(H,18,22)(H,19,20)/t17-/m1/s1. The molecule has 1 atom stereocenters. The third-order valence-corrected chi connectivity index (χ3v) is 4.14. The number of carbonyl (C=O) groups is 2. The molecule has 2 amide bonds. The van der Waals surface area contributed by atoms with E-state index in [1.165, 1.54) is 12.0 Å². The highest BCUT2D eigenvalue weighted by molar-refractivity contribution is 5.92. The zero-order valence-electron chi connectivity index (χ0n) is 15.8. The van der Waals surface area contributed by atoms with E-state index in [1.807, 2.05) is 20.8 Å². The Kier molecular flexibility index (Phi) is 6.38. The molecule has 26 heavy (non-hydrogen) atoms. The van der Waals surface area contributed by atoms with Gasteiger partial charge in [-0.15, -0.1) is 0 Å². The normalized spacial score (nSPS) is 21.3. The second-order valence-electron chi connectivity index (χ2n) is 7.63. The van der Waals surface area contributed by atoms with E-state index >= 15 is 0 Å². The average molecular weight is 368 g/mol. The molecular weight excluding hydrogens is 340 g/mol. The van der Waals surface area contributed by atoms with E-state index < -0.39 is 5.60 Å². The summed E-state index contributed by atoms with van der Waals surface area (Å²) >= 11 is 0. The lowest BCUT2D eigenvalue weighted by Gasteiger charge is -2.30. The number of ether oxygens (including phenoxy) is 2. The van der Waals surface area contributed by atoms with E-state index in [-0.39, 0.29) is 43.5 Å². The first-order valence-corrected chi connectivity index (χ1v) is 8.55. The predicted octanol–water partition coefficient (Wildman–Crippen LogP) is -0.327. The summed E-state index contributed by atoms with van der Waals surface area (Å²) in [7, 11) is 1.42. The minimum atomic E-state index is -1.38.